The summed E-state index contributed by atoms with van der Waals surface area (Å²) in [4.78, 5) is 0. The Morgan fingerprint density at radius 2 is 1.93 bits per heavy atom. The Morgan fingerprint density at radius 1 is 1.11 bits per heavy atom. The minimum absolute atomic E-state index is 0.314. The maximum Gasteiger partial charge on any atom is 0.146 e. The molecule has 152 valence electrons. The Morgan fingerprint density at radius 3 is 2.67 bits per heavy atom. The van der Waals surface area contributed by atoms with E-state index in [-0.39, 0.29) is 0 Å². The Kier molecular flexibility index (Phi) is 5.33. The molecule has 3 fully saturated rings. The molecule has 1 N–H and O–H groups in total. The summed E-state index contributed by atoms with van der Waals surface area (Å²) in [5.74, 6) is 2.52. The van der Waals surface area contributed by atoms with Crippen molar-refractivity contribution in [3.05, 3.63) is 23.3 Å². The van der Waals surface area contributed by atoms with Crippen LogP contribution in [0, 0.1) is 34.5 Å². The molecule has 0 aromatic carbocycles. The van der Waals surface area contributed by atoms with E-state index < -0.39 is 0 Å². The third kappa shape index (κ3) is 3.05. The van der Waals surface area contributed by atoms with Crippen LogP contribution in [0.2, 0.25) is 0 Å². The zero-order chi connectivity index (χ0) is 19.2. The van der Waals surface area contributed by atoms with E-state index in [1.807, 2.05) is 0 Å². The van der Waals surface area contributed by atoms with Gasteiger partial charge in [0, 0.05) is 13.7 Å². The Labute approximate surface area is 165 Å². The standard InChI is InChI=1S/C24H38O3/c1-16(14-25)20-7-8-21-19-6-5-17-13-18(27-15-26-4)9-11-23(17,2)22(19)10-12-24(20,21)3/h5-6,16,18,20-22,25H,7-15H2,1-4H3/t16-,18+,20-,21+,22?,23+,24-/m1/s1. The molecular formula is C24H38O3. The Bertz CT molecular complexity index is 623. The van der Waals surface area contributed by atoms with Crippen molar-refractivity contribution in [2.45, 2.75) is 71.8 Å². The molecule has 0 heterocycles. The maximum absolute atomic E-state index is 9.77. The summed E-state index contributed by atoms with van der Waals surface area (Å²) in [7, 11) is 1.70. The molecule has 4 rings (SSSR count). The van der Waals surface area contributed by atoms with Crippen molar-refractivity contribution in [2.75, 3.05) is 20.5 Å². The van der Waals surface area contributed by atoms with Crippen LogP contribution in [0.4, 0.5) is 0 Å². The number of aliphatic hydroxyl groups excluding tert-OH is 1. The first kappa shape index (κ1) is 19.7. The smallest absolute Gasteiger partial charge is 0.146 e. The van der Waals surface area contributed by atoms with Crippen LogP contribution in [0.3, 0.4) is 0 Å². The van der Waals surface area contributed by atoms with Crippen LogP contribution in [-0.4, -0.2) is 31.7 Å². The molecule has 0 aliphatic heterocycles. The van der Waals surface area contributed by atoms with Crippen molar-refractivity contribution in [2.24, 2.45) is 34.5 Å². The Balaban J connectivity index is 1.59. The van der Waals surface area contributed by atoms with E-state index in [1.54, 1.807) is 18.3 Å². The van der Waals surface area contributed by atoms with Crippen LogP contribution in [0.15, 0.2) is 23.3 Å². The van der Waals surface area contributed by atoms with Crippen LogP contribution in [0.1, 0.15) is 65.7 Å². The molecule has 0 aromatic heterocycles. The highest BCUT2D eigenvalue weighted by Crippen LogP contribution is 2.65. The van der Waals surface area contributed by atoms with E-state index in [2.05, 4.69) is 32.9 Å². The van der Waals surface area contributed by atoms with Gasteiger partial charge in [-0.15, -0.1) is 0 Å². The van der Waals surface area contributed by atoms with Crippen LogP contribution in [0.5, 0.6) is 0 Å². The van der Waals surface area contributed by atoms with Crippen molar-refractivity contribution >= 4 is 0 Å². The summed E-state index contributed by atoms with van der Waals surface area (Å²) in [5, 5.41) is 9.77. The van der Waals surface area contributed by atoms with Crippen molar-refractivity contribution in [3.8, 4) is 0 Å². The molecule has 0 spiro atoms. The van der Waals surface area contributed by atoms with Gasteiger partial charge in [0.15, 0.2) is 0 Å². The van der Waals surface area contributed by atoms with Gasteiger partial charge < -0.3 is 14.6 Å². The number of methoxy groups -OCH3 is 1. The van der Waals surface area contributed by atoms with E-state index in [0.717, 1.165) is 12.8 Å². The highest BCUT2D eigenvalue weighted by Gasteiger charge is 2.56. The van der Waals surface area contributed by atoms with Gasteiger partial charge in [0.05, 0.1) is 6.10 Å². The van der Waals surface area contributed by atoms with Crippen molar-refractivity contribution < 1.29 is 14.6 Å². The lowest BCUT2D eigenvalue weighted by Gasteiger charge is -2.55. The van der Waals surface area contributed by atoms with E-state index in [9.17, 15) is 5.11 Å². The highest BCUT2D eigenvalue weighted by molar-refractivity contribution is 5.38. The first-order chi connectivity index (χ1) is 12.9. The van der Waals surface area contributed by atoms with Gasteiger partial charge in [0.1, 0.15) is 6.79 Å². The molecule has 3 nitrogen and oxygen atoms in total. The van der Waals surface area contributed by atoms with Gasteiger partial charge in [0.2, 0.25) is 0 Å². The number of aliphatic hydroxyl groups is 1. The average molecular weight is 375 g/mol. The number of ether oxygens (including phenoxy) is 2. The molecule has 0 aromatic rings. The molecule has 3 heteroatoms. The number of allylic oxidation sites excluding steroid dienone is 3. The highest BCUT2D eigenvalue weighted by atomic mass is 16.7. The summed E-state index contributed by atoms with van der Waals surface area (Å²) < 4.78 is 11.0. The summed E-state index contributed by atoms with van der Waals surface area (Å²) in [5.41, 5.74) is 4.04. The topological polar surface area (TPSA) is 38.7 Å². The fourth-order valence-electron chi connectivity index (χ4n) is 7.38. The molecule has 4 aliphatic rings. The minimum atomic E-state index is 0.314. The average Bonchev–Trinajstić information content (AvgIpc) is 3.02. The maximum atomic E-state index is 9.77. The molecule has 0 radical (unpaired) electrons. The van der Waals surface area contributed by atoms with Crippen molar-refractivity contribution in [1.82, 2.24) is 0 Å². The molecule has 0 bridgehead atoms. The monoisotopic (exact) mass is 374 g/mol. The second kappa shape index (κ2) is 7.31. The largest absolute Gasteiger partial charge is 0.396 e. The lowest BCUT2D eigenvalue weighted by atomic mass is 9.50. The zero-order valence-electron chi connectivity index (χ0n) is 17.7. The summed E-state index contributed by atoms with van der Waals surface area (Å²) in [6.45, 7) is 8.04. The van der Waals surface area contributed by atoms with E-state index in [1.165, 1.54) is 32.1 Å². The first-order valence-corrected chi connectivity index (χ1v) is 11.1. The summed E-state index contributed by atoms with van der Waals surface area (Å²) >= 11 is 0. The van der Waals surface area contributed by atoms with Crippen molar-refractivity contribution in [1.29, 1.82) is 0 Å². The van der Waals surface area contributed by atoms with Gasteiger partial charge in [-0.3, -0.25) is 0 Å². The number of hydrogen-bond donors (Lipinski definition) is 1. The molecule has 3 saturated carbocycles. The first-order valence-electron chi connectivity index (χ1n) is 11.1. The lowest BCUT2D eigenvalue weighted by Crippen LogP contribution is -2.47. The molecule has 27 heavy (non-hydrogen) atoms. The van der Waals surface area contributed by atoms with Crippen LogP contribution in [-0.2, 0) is 9.47 Å². The molecular weight excluding hydrogens is 336 g/mol. The minimum Gasteiger partial charge on any atom is -0.396 e. The van der Waals surface area contributed by atoms with E-state index >= 15 is 0 Å². The van der Waals surface area contributed by atoms with Gasteiger partial charge in [-0.2, -0.15) is 0 Å². The number of rotatable bonds is 5. The van der Waals surface area contributed by atoms with Gasteiger partial charge in [0.25, 0.3) is 0 Å². The SMILES string of the molecule is COCO[C@H]1CC[C@@]2(C)C(=CC=C3C2CC[C@]2(C)[C@@H]([C@H](C)CO)CC[C@@H]32)C1. The third-order valence-corrected chi connectivity index (χ3v) is 9.00. The zero-order valence-corrected chi connectivity index (χ0v) is 17.7. The molecule has 0 saturated heterocycles. The fourth-order valence-corrected chi connectivity index (χ4v) is 7.38. The predicted octanol–water partition coefficient (Wildman–Crippen LogP) is 5.10. The normalized spacial score (nSPS) is 44.6. The molecule has 7 atom stereocenters. The summed E-state index contributed by atoms with van der Waals surface area (Å²) in [6.07, 6.45) is 13.9. The van der Waals surface area contributed by atoms with Gasteiger partial charge in [-0.05, 0) is 79.4 Å². The van der Waals surface area contributed by atoms with Crippen LogP contribution in [0.25, 0.3) is 0 Å². The number of hydrogen-bond acceptors (Lipinski definition) is 3. The lowest BCUT2D eigenvalue weighted by molar-refractivity contribution is -0.0865. The van der Waals surface area contributed by atoms with Crippen LogP contribution < -0.4 is 0 Å². The Hall–Kier alpha value is -0.640. The van der Waals surface area contributed by atoms with Gasteiger partial charge in [-0.25, -0.2) is 0 Å². The van der Waals surface area contributed by atoms with E-state index in [0.29, 0.717) is 54.0 Å². The van der Waals surface area contributed by atoms with Gasteiger partial charge >= 0.3 is 0 Å². The van der Waals surface area contributed by atoms with Crippen LogP contribution >= 0.6 is 0 Å². The summed E-state index contributed by atoms with van der Waals surface area (Å²) in [6, 6.07) is 0. The molecule has 0 amide bonds. The van der Waals surface area contributed by atoms with Crippen molar-refractivity contribution in [3.63, 3.8) is 0 Å². The second-order valence-electron chi connectivity index (χ2n) is 10.2. The quantitative estimate of drug-likeness (QED) is 0.680. The predicted molar refractivity (Wildman–Crippen MR) is 108 cm³/mol. The second-order valence-corrected chi connectivity index (χ2v) is 10.2. The molecule has 1 unspecified atom stereocenters. The third-order valence-electron chi connectivity index (χ3n) is 9.00. The van der Waals surface area contributed by atoms with Gasteiger partial charge in [-0.1, -0.05) is 44.1 Å². The van der Waals surface area contributed by atoms with E-state index in [4.69, 9.17) is 9.47 Å². The fraction of sp³-hybridized carbons (Fsp3) is 0.833. The molecule has 4 aliphatic carbocycles. The number of fused-ring (bicyclic) bond motifs is 5.